The molecule has 0 unspecified atom stereocenters. The number of rotatable bonds is 10. The second-order valence-electron chi connectivity index (χ2n) is 4.25. The van der Waals surface area contributed by atoms with E-state index in [1.54, 1.807) is 6.07 Å². The number of thiophene rings is 1. The molecule has 1 N–H and O–H groups in total. The predicted molar refractivity (Wildman–Crippen MR) is 82.6 cm³/mol. The topological polar surface area (TPSA) is 58.6 Å². The summed E-state index contributed by atoms with van der Waals surface area (Å²) in [5, 5.41) is 5.09. The first kappa shape index (κ1) is 17.6. The molecule has 0 atom stereocenters. The monoisotopic (exact) mass is 320 g/mol. The van der Waals surface area contributed by atoms with Gasteiger partial charge in [-0.05, 0) is 30.5 Å². The van der Waals surface area contributed by atoms with Gasteiger partial charge in [0.05, 0.1) is 6.61 Å². The molecule has 0 aliphatic carbocycles. The van der Waals surface area contributed by atoms with E-state index < -0.39 is 10.0 Å². The summed E-state index contributed by atoms with van der Waals surface area (Å²) in [6.45, 7) is 9.22. The van der Waals surface area contributed by atoms with E-state index in [1.807, 2.05) is 26.2 Å². The van der Waals surface area contributed by atoms with Crippen LogP contribution < -0.4 is 5.32 Å². The van der Waals surface area contributed by atoms with Crippen molar-refractivity contribution in [2.24, 2.45) is 0 Å². The van der Waals surface area contributed by atoms with Gasteiger partial charge in [0.15, 0.2) is 0 Å². The highest BCUT2D eigenvalue weighted by Gasteiger charge is 2.24. The minimum atomic E-state index is -3.39. The summed E-state index contributed by atoms with van der Waals surface area (Å²) in [5.41, 5.74) is 1.01. The van der Waals surface area contributed by atoms with Crippen LogP contribution in [0.25, 0.3) is 0 Å². The second kappa shape index (κ2) is 8.74. The van der Waals surface area contributed by atoms with Gasteiger partial charge in [0.25, 0.3) is 10.0 Å². The highest BCUT2D eigenvalue weighted by atomic mass is 32.2. The Morgan fingerprint density at radius 1 is 1.35 bits per heavy atom. The second-order valence-corrected chi connectivity index (χ2v) is 7.32. The van der Waals surface area contributed by atoms with Crippen molar-refractivity contribution in [1.82, 2.24) is 9.62 Å². The molecule has 1 rings (SSSR count). The Balaban J connectivity index is 2.76. The van der Waals surface area contributed by atoms with Crippen LogP contribution >= 0.6 is 11.3 Å². The van der Waals surface area contributed by atoms with Crippen LogP contribution in [0.5, 0.6) is 0 Å². The van der Waals surface area contributed by atoms with Crippen molar-refractivity contribution in [3.05, 3.63) is 17.0 Å². The first-order valence-electron chi connectivity index (χ1n) is 6.92. The molecule has 20 heavy (non-hydrogen) atoms. The van der Waals surface area contributed by atoms with Crippen LogP contribution in [0.3, 0.4) is 0 Å². The van der Waals surface area contributed by atoms with E-state index in [1.165, 1.54) is 15.6 Å². The molecule has 0 spiro atoms. The van der Waals surface area contributed by atoms with Crippen molar-refractivity contribution in [1.29, 1.82) is 0 Å². The molecule has 0 aliphatic rings. The lowest BCUT2D eigenvalue weighted by molar-refractivity contribution is 0.135. The van der Waals surface area contributed by atoms with Gasteiger partial charge in [-0.25, -0.2) is 8.42 Å². The molecule has 0 fully saturated rings. The quantitative estimate of drug-likeness (QED) is 0.669. The first-order valence-corrected chi connectivity index (χ1v) is 9.24. The lowest BCUT2D eigenvalue weighted by Gasteiger charge is -2.19. The molecule has 7 heteroatoms. The maximum Gasteiger partial charge on any atom is 0.252 e. The smallest absolute Gasteiger partial charge is 0.252 e. The van der Waals surface area contributed by atoms with E-state index in [9.17, 15) is 8.42 Å². The zero-order chi connectivity index (χ0) is 15.0. The fourth-order valence-corrected chi connectivity index (χ4v) is 4.53. The van der Waals surface area contributed by atoms with Crippen LogP contribution in [0.4, 0.5) is 0 Å². The lowest BCUT2D eigenvalue weighted by Crippen LogP contribution is -2.33. The Labute approximate surface area is 126 Å². The molecule has 0 radical (unpaired) electrons. The van der Waals surface area contributed by atoms with Crippen molar-refractivity contribution < 1.29 is 13.2 Å². The lowest BCUT2D eigenvalue weighted by atomic mass is 10.3. The third-order valence-corrected chi connectivity index (χ3v) is 6.28. The molecular weight excluding hydrogens is 296 g/mol. The van der Waals surface area contributed by atoms with Crippen molar-refractivity contribution in [3.63, 3.8) is 0 Å². The Morgan fingerprint density at radius 3 is 2.70 bits per heavy atom. The standard InChI is InChI=1S/C13H24N2O3S2/c1-4-14-10-12-9-13(19-11-12)20(16,17)15(5-2)7-8-18-6-3/h9,11,14H,4-8,10H2,1-3H3. The molecule has 1 aromatic rings. The normalized spacial score (nSPS) is 12.2. The average Bonchev–Trinajstić information content (AvgIpc) is 2.90. The Hall–Kier alpha value is -0.470. The van der Waals surface area contributed by atoms with E-state index in [0.717, 1.165) is 12.1 Å². The minimum Gasteiger partial charge on any atom is -0.380 e. The number of sulfonamides is 1. The maximum atomic E-state index is 12.5. The van der Waals surface area contributed by atoms with Crippen LogP contribution in [0.2, 0.25) is 0 Å². The molecule has 116 valence electrons. The Morgan fingerprint density at radius 2 is 2.10 bits per heavy atom. The fraction of sp³-hybridized carbons (Fsp3) is 0.692. The number of hydrogen-bond acceptors (Lipinski definition) is 5. The van der Waals surface area contributed by atoms with Crippen LogP contribution in [0, 0.1) is 0 Å². The van der Waals surface area contributed by atoms with Gasteiger partial charge in [0, 0.05) is 26.2 Å². The van der Waals surface area contributed by atoms with Gasteiger partial charge in [-0.1, -0.05) is 13.8 Å². The van der Waals surface area contributed by atoms with E-state index in [-0.39, 0.29) is 0 Å². The van der Waals surface area contributed by atoms with Gasteiger partial charge in [0.2, 0.25) is 0 Å². The fourth-order valence-electron chi connectivity index (χ4n) is 1.74. The van der Waals surface area contributed by atoms with Gasteiger partial charge in [-0.3, -0.25) is 0 Å². The molecule has 0 bridgehead atoms. The van der Waals surface area contributed by atoms with Crippen molar-refractivity contribution in [3.8, 4) is 0 Å². The predicted octanol–water partition coefficient (Wildman–Crippen LogP) is 1.90. The summed E-state index contributed by atoms with van der Waals surface area (Å²) < 4.78 is 32.1. The summed E-state index contributed by atoms with van der Waals surface area (Å²) in [6.07, 6.45) is 0. The first-order chi connectivity index (χ1) is 9.56. The van der Waals surface area contributed by atoms with Gasteiger partial charge in [-0.2, -0.15) is 4.31 Å². The summed E-state index contributed by atoms with van der Waals surface area (Å²) >= 11 is 1.28. The van der Waals surface area contributed by atoms with Crippen LogP contribution in [-0.4, -0.2) is 45.6 Å². The largest absolute Gasteiger partial charge is 0.380 e. The van der Waals surface area contributed by atoms with Crippen molar-refractivity contribution in [2.45, 2.75) is 31.5 Å². The van der Waals surface area contributed by atoms with E-state index in [0.29, 0.717) is 37.1 Å². The van der Waals surface area contributed by atoms with Gasteiger partial charge >= 0.3 is 0 Å². The number of likely N-dealkylation sites (N-methyl/N-ethyl adjacent to an activating group) is 1. The summed E-state index contributed by atoms with van der Waals surface area (Å²) in [7, 11) is -3.39. The van der Waals surface area contributed by atoms with Gasteiger partial charge in [0.1, 0.15) is 4.21 Å². The Bertz CT molecular complexity index is 486. The number of hydrogen-bond donors (Lipinski definition) is 1. The van der Waals surface area contributed by atoms with E-state index >= 15 is 0 Å². The molecule has 0 aromatic carbocycles. The van der Waals surface area contributed by atoms with E-state index in [4.69, 9.17) is 4.74 Å². The highest BCUT2D eigenvalue weighted by molar-refractivity contribution is 7.91. The number of nitrogens with zero attached hydrogens (tertiary/aromatic N) is 1. The van der Waals surface area contributed by atoms with Gasteiger partial charge < -0.3 is 10.1 Å². The third-order valence-electron chi connectivity index (χ3n) is 2.84. The summed E-state index contributed by atoms with van der Waals surface area (Å²) in [4.78, 5) is 0. The summed E-state index contributed by atoms with van der Waals surface area (Å²) in [5.74, 6) is 0. The number of nitrogens with one attached hydrogen (secondary N) is 1. The van der Waals surface area contributed by atoms with Crippen LogP contribution in [0.15, 0.2) is 15.7 Å². The van der Waals surface area contributed by atoms with E-state index in [2.05, 4.69) is 5.32 Å². The molecule has 0 aliphatic heterocycles. The third kappa shape index (κ3) is 4.82. The van der Waals surface area contributed by atoms with Crippen molar-refractivity contribution in [2.75, 3.05) is 32.8 Å². The zero-order valence-electron chi connectivity index (χ0n) is 12.4. The average molecular weight is 320 g/mol. The highest BCUT2D eigenvalue weighted by Crippen LogP contribution is 2.23. The molecule has 0 amide bonds. The van der Waals surface area contributed by atoms with Gasteiger partial charge in [-0.15, -0.1) is 11.3 Å². The molecule has 0 saturated carbocycles. The van der Waals surface area contributed by atoms with Crippen molar-refractivity contribution >= 4 is 21.4 Å². The molecular formula is C13H24N2O3S2. The maximum absolute atomic E-state index is 12.5. The molecule has 0 saturated heterocycles. The molecule has 5 nitrogen and oxygen atoms in total. The zero-order valence-corrected chi connectivity index (χ0v) is 14.0. The molecule has 1 aromatic heterocycles. The Kier molecular flexibility index (Phi) is 7.68. The molecule has 1 heterocycles. The van der Waals surface area contributed by atoms with Crippen LogP contribution in [0.1, 0.15) is 26.3 Å². The summed E-state index contributed by atoms with van der Waals surface area (Å²) in [6, 6.07) is 1.76. The van der Waals surface area contributed by atoms with Crippen LogP contribution in [-0.2, 0) is 21.3 Å². The number of ether oxygens (including phenoxy) is 1. The minimum absolute atomic E-state index is 0.396. The SMILES string of the molecule is CCNCc1csc(S(=O)(=O)N(CC)CCOCC)c1.